The number of carbonyl (C=O) groups excluding carboxylic acids is 2. The molecule has 8 heteroatoms. The zero-order valence-electron chi connectivity index (χ0n) is 19.3. The van der Waals surface area contributed by atoms with Crippen LogP contribution < -0.4 is 19.9 Å². The predicted octanol–water partition coefficient (Wildman–Crippen LogP) is 4.56. The average Bonchev–Trinajstić information content (AvgIpc) is 3.10. The molecule has 1 N–H and O–H groups in total. The van der Waals surface area contributed by atoms with E-state index in [9.17, 15) is 9.59 Å². The highest BCUT2D eigenvalue weighted by Crippen LogP contribution is 2.57. The molecule has 0 saturated heterocycles. The Labute approximate surface area is 202 Å². The van der Waals surface area contributed by atoms with E-state index in [1.807, 2.05) is 80.5 Å². The van der Waals surface area contributed by atoms with E-state index in [-0.39, 0.29) is 11.8 Å². The first kappa shape index (κ1) is 22.1. The predicted molar refractivity (Wildman–Crippen MR) is 133 cm³/mol. The quantitative estimate of drug-likeness (QED) is 0.438. The van der Waals surface area contributed by atoms with Crippen LogP contribution in [-0.4, -0.2) is 45.9 Å². The molecule has 7 nitrogen and oxygen atoms in total. The minimum Gasteiger partial charge on any atom is -0.456 e. The lowest BCUT2D eigenvalue weighted by Gasteiger charge is -2.37. The summed E-state index contributed by atoms with van der Waals surface area (Å²) < 4.78 is 12.6. The van der Waals surface area contributed by atoms with Crippen molar-refractivity contribution in [1.29, 1.82) is 0 Å². The summed E-state index contributed by atoms with van der Waals surface area (Å²) in [6, 6.07) is 16.9. The maximum absolute atomic E-state index is 13.2. The molecule has 1 spiro atoms. The van der Waals surface area contributed by atoms with Gasteiger partial charge in [0.15, 0.2) is 5.60 Å². The minimum atomic E-state index is -1.17. The first-order valence-electron chi connectivity index (χ1n) is 10.8. The van der Waals surface area contributed by atoms with E-state index in [1.165, 1.54) is 0 Å². The van der Waals surface area contributed by atoms with E-state index >= 15 is 0 Å². The molecule has 0 fully saturated rings. The number of benzene rings is 3. The molecule has 0 aromatic heterocycles. The Balaban J connectivity index is 1.75. The Morgan fingerprint density at radius 1 is 0.882 bits per heavy atom. The first-order valence-corrected chi connectivity index (χ1v) is 11.3. The van der Waals surface area contributed by atoms with Crippen molar-refractivity contribution >= 4 is 40.5 Å². The maximum atomic E-state index is 13.2. The van der Waals surface area contributed by atoms with Gasteiger partial charge in [0.2, 0.25) is 5.91 Å². The van der Waals surface area contributed by atoms with Gasteiger partial charge in [0.1, 0.15) is 17.4 Å². The summed E-state index contributed by atoms with van der Waals surface area (Å²) in [5.41, 5.74) is 3.81. The van der Waals surface area contributed by atoms with Crippen molar-refractivity contribution in [3.8, 4) is 11.5 Å². The fraction of sp³-hybridized carbons (Fsp3) is 0.231. The third-order valence-corrected chi connectivity index (χ3v) is 6.45. The van der Waals surface area contributed by atoms with Gasteiger partial charge >= 0.3 is 5.97 Å². The molecular weight excluding hydrogens is 454 g/mol. The van der Waals surface area contributed by atoms with E-state index in [4.69, 9.17) is 21.1 Å². The molecule has 3 aromatic rings. The van der Waals surface area contributed by atoms with Crippen LogP contribution >= 0.6 is 11.6 Å². The van der Waals surface area contributed by atoms with Gasteiger partial charge in [0, 0.05) is 74.1 Å². The molecule has 1 amide bonds. The molecule has 34 heavy (non-hydrogen) atoms. The van der Waals surface area contributed by atoms with Crippen LogP contribution in [0.1, 0.15) is 27.0 Å². The maximum Gasteiger partial charge on any atom is 0.340 e. The van der Waals surface area contributed by atoms with Crippen LogP contribution in [-0.2, 0) is 15.1 Å². The van der Waals surface area contributed by atoms with Crippen LogP contribution in [0.5, 0.6) is 11.5 Å². The Kier molecular flexibility index (Phi) is 5.17. The molecule has 2 aliphatic heterocycles. The largest absolute Gasteiger partial charge is 0.456 e. The van der Waals surface area contributed by atoms with Gasteiger partial charge in [0.25, 0.3) is 0 Å². The Morgan fingerprint density at radius 3 is 1.97 bits per heavy atom. The number of halogens is 1. The highest BCUT2D eigenvalue weighted by Gasteiger charge is 2.53. The van der Waals surface area contributed by atoms with E-state index in [0.717, 1.165) is 22.5 Å². The van der Waals surface area contributed by atoms with Crippen molar-refractivity contribution < 1.29 is 19.1 Å². The van der Waals surface area contributed by atoms with Crippen molar-refractivity contribution in [2.24, 2.45) is 0 Å². The van der Waals surface area contributed by atoms with Gasteiger partial charge in [-0.25, -0.2) is 4.79 Å². The average molecular weight is 478 g/mol. The topological polar surface area (TPSA) is 71.1 Å². The van der Waals surface area contributed by atoms with E-state index in [1.54, 1.807) is 12.1 Å². The summed E-state index contributed by atoms with van der Waals surface area (Å²) in [5, 5.41) is 2.70. The molecule has 2 heterocycles. The molecule has 3 aromatic carbocycles. The molecule has 0 atom stereocenters. The van der Waals surface area contributed by atoms with Gasteiger partial charge in [-0.1, -0.05) is 6.07 Å². The lowest BCUT2D eigenvalue weighted by molar-refractivity contribution is -0.113. The van der Waals surface area contributed by atoms with Crippen molar-refractivity contribution in [3.05, 3.63) is 76.9 Å². The number of nitrogens with zero attached hydrogens (tertiary/aromatic N) is 2. The van der Waals surface area contributed by atoms with Crippen LogP contribution in [0.25, 0.3) is 0 Å². The van der Waals surface area contributed by atoms with Crippen molar-refractivity contribution in [2.75, 3.05) is 49.2 Å². The lowest BCUT2D eigenvalue weighted by Crippen LogP contribution is -2.33. The number of hydrogen-bond donors (Lipinski definition) is 1. The number of hydrogen-bond acceptors (Lipinski definition) is 6. The number of nitrogens with one attached hydrogen (secondary N) is 1. The SMILES string of the molecule is CN(C)c1ccc2c(c1)Oc1cc(N(C)C)ccc1C21OC(=O)c2cc(NC(=O)CCl)ccc21. The number of rotatable bonds is 4. The summed E-state index contributed by atoms with van der Waals surface area (Å²) in [5.74, 6) is 0.247. The number of anilines is 3. The standard InChI is InChI=1S/C26H24ClN3O4/c1-29(2)16-6-9-20-22(12-16)33-23-13-17(30(3)4)7-10-21(23)26(20)19-8-5-15(28-24(31)14-27)11-18(19)25(32)34-26/h5-13H,14H2,1-4H3,(H,28,31). The molecule has 0 bridgehead atoms. The summed E-state index contributed by atoms with van der Waals surface area (Å²) in [6.45, 7) is 0. The van der Waals surface area contributed by atoms with Crippen LogP contribution in [0.4, 0.5) is 17.1 Å². The first-order chi connectivity index (χ1) is 16.2. The molecule has 0 unspecified atom stereocenters. The van der Waals surface area contributed by atoms with Crippen molar-refractivity contribution in [3.63, 3.8) is 0 Å². The van der Waals surface area contributed by atoms with Crippen LogP contribution in [0.15, 0.2) is 54.6 Å². The minimum absolute atomic E-state index is 0.175. The third kappa shape index (κ3) is 3.27. The fourth-order valence-corrected chi connectivity index (χ4v) is 4.60. The van der Waals surface area contributed by atoms with Gasteiger partial charge < -0.3 is 24.6 Å². The van der Waals surface area contributed by atoms with Gasteiger partial charge in [-0.15, -0.1) is 11.6 Å². The Morgan fingerprint density at radius 2 is 1.44 bits per heavy atom. The van der Waals surface area contributed by atoms with E-state index in [0.29, 0.717) is 28.3 Å². The normalized spacial score (nSPS) is 14.4. The second-order valence-corrected chi connectivity index (χ2v) is 9.03. The number of fused-ring (bicyclic) bond motifs is 6. The zero-order chi connectivity index (χ0) is 24.2. The number of amides is 1. The van der Waals surface area contributed by atoms with Gasteiger partial charge in [0.05, 0.1) is 5.56 Å². The van der Waals surface area contributed by atoms with E-state index < -0.39 is 11.6 Å². The molecular formula is C26H24ClN3O4. The van der Waals surface area contributed by atoms with E-state index in [2.05, 4.69) is 5.32 Å². The zero-order valence-corrected chi connectivity index (χ0v) is 20.1. The summed E-state index contributed by atoms with van der Waals surface area (Å²) in [6.07, 6.45) is 0. The highest BCUT2D eigenvalue weighted by molar-refractivity contribution is 6.29. The Bertz CT molecular complexity index is 1280. The second-order valence-electron chi connectivity index (χ2n) is 8.76. The fourth-order valence-electron chi connectivity index (χ4n) is 4.53. The summed E-state index contributed by atoms with van der Waals surface area (Å²) in [7, 11) is 7.83. The number of ether oxygens (including phenoxy) is 2. The molecule has 2 aliphatic rings. The van der Waals surface area contributed by atoms with Gasteiger partial charge in [-0.05, 0) is 36.4 Å². The highest BCUT2D eigenvalue weighted by atomic mass is 35.5. The van der Waals surface area contributed by atoms with Crippen LogP contribution in [0.2, 0.25) is 0 Å². The molecule has 0 radical (unpaired) electrons. The number of alkyl halides is 1. The molecule has 5 rings (SSSR count). The Hall–Kier alpha value is -3.71. The smallest absolute Gasteiger partial charge is 0.340 e. The van der Waals surface area contributed by atoms with Crippen molar-refractivity contribution in [1.82, 2.24) is 0 Å². The lowest BCUT2D eigenvalue weighted by atomic mass is 9.77. The van der Waals surface area contributed by atoms with Gasteiger partial charge in [-0.2, -0.15) is 0 Å². The van der Waals surface area contributed by atoms with Crippen LogP contribution in [0, 0.1) is 0 Å². The molecule has 174 valence electrons. The summed E-state index contributed by atoms with van der Waals surface area (Å²) >= 11 is 5.62. The summed E-state index contributed by atoms with van der Waals surface area (Å²) in [4.78, 5) is 29.0. The monoisotopic (exact) mass is 477 g/mol. The third-order valence-electron chi connectivity index (χ3n) is 6.21. The van der Waals surface area contributed by atoms with Gasteiger partial charge in [-0.3, -0.25) is 4.79 Å². The number of esters is 1. The molecule has 0 aliphatic carbocycles. The van der Waals surface area contributed by atoms with Crippen molar-refractivity contribution in [2.45, 2.75) is 5.60 Å². The number of carbonyl (C=O) groups is 2. The van der Waals surface area contributed by atoms with Crippen LogP contribution in [0.3, 0.4) is 0 Å². The molecule has 0 saturated carbocycles. The second kappa shape index (κ2) is 7.95.